The van der Waals surface area contributed by atoms with Crippen molar-refractivity contribution < 1.29 is 13.9 Å². The average molecular weight is 335 g/mol. The van der Waals surface area contributed by atoms with Crippen LogP contribution in [0.25, 0.3) is 0 Å². The van der Waals surface area contributed by atoms with Gasteiger partial charge < -0.3 is 14.5 Å². The molecule has 2 aromatic carbocycles. The first-order chi connectivity index (χ1) is 12.1. The molecule has 25 heavy (non-hydrogen) atoms. The van der Waals surface area contributed by atoms with Gasteiger partial charge in [-0.25, -0.2) is 0 Å². The molecule has 4 heteroatoms. The monoisotopic (exact) mass is 335 g/mol. The molecule has 0 fully saturated rings. The summed E-state index contributed by atoms with van der Waals surface area (Å²) >= 11 is 0. The number of benzene rings is 2. The van der Waals surface area contributed by atoms with Crippen molar-refractivity contribution in [1.29, 1.82) is 0 Å². The third-order valence-corrected chi connectivity index (χ3v) is 3.93. The van der Waals surface area contributed by atoms with Crippen LogP contribution in [0, 0.1) is 0 Å². The standard InChI is InChI=1S/C21H21NO3/c1-15(2)16-8-10-18(11-9-16)22-21(23)20-17(12-13-24-20)14-25-19-6-4-3-5-7-19/h3-13,15H,14H2,1-2H3,(H,22,23). The molecular formula is C21H21NO3. The molecule has 1 N–H and O–H groups in total. The van der Waals surface area contributed by atoms with E-state index >= 15 is 0 Å². The lowest BCUT2D eigenvalue weighted by molar-refractivity contribution is 0.0993. The molecule has 128 valence electrons. The van der Waals surface area contributed by atoms with E-state index in [2.05, 4.69) is 19.2 Å². The normalized spacial score (nSPS) is 10.7. The Balaban J connectivity index is 1.65. The summed E-state index contributed by atoms with van der Waals surface area (Å²) in [5.41, 5.74) is 2.67. The van der Waals surface area contributed by atoms with E-state index < -0.39 is 0 Å². The van der Waals surface area contributed by atoms with Gasteiger partial charge in [-0.2, -0.15) is 0 Å². The van der Waals surface area contributed by atoms with Crippen LogP contribution in [0.1, 0.15) is 41.4 Å². The molecule has 0 aliphatic carbocycles. The van der Waals surface area contributed by atoms with E-state index in [0.29, 0.717) is 11.5 Å². The Morgan fingerprint density at radius 3 is 2.44 bits per heavy atom. The number of carbonyl (C=O) groups excluding carboxylic acids is 1. The van der Waals surface area contributed by atoms with E-state index in [0.717, 1.165) is 11.4 Å². The molecule has 1 amide bonds. The van der Waals surface area contributed by atoms with Crippen LogP contribution >= 0.6 is 0 Å². The van der Waals surface area contributed by atoms with Crippen molar-refractivity contribution in [2.24, 2.45) is 0 Å². The first-order valence-electron chi connectivity index (χ1n) is 8.29. The fourth-order valence-electron chi connectivity index (χ4n) is 2.47. The lowest BCUT2D eigenvalue weighted by atomic mass is 10.0. The predicted molar refractivity (Wildman–Crippen MR) is 98.0 cm³/mol. The summed E-state index contributed by atoms with van der Waals surface area (Å²) in [5, 5.41) is 2.86. The van der Waals surface area contributed by atoms with Crippen LogP contribution in [0.15, 0.2) is 71.3 Å². The van der Waals surface area contributed by atoms with Crippen molar-refractivity contribution in [3.05, 3.63) is 83.8 Å². The maximum atomic E-state index is 12.5. The Hall–Kier alpha value is -3.01. The van der Waals surface area contributed by atoms with Crippen LogP contribution in [-0.2, 0) is 6.61 Å². The van der Waals surface area contributed by atoms with Crippen molar-refractivity contribution in [3.8, 4) is 5.75 Å². The predicted octanol–water partition coefficient (Wildman–Crippen LogP) is 5.23. The van der Waals surface area contributed by atoms with Crippen LogP contribution in [-0.4, -0.2) is 5.91 Å². The molecule has 0 aliphatic heterocycles. The van der Waals surface area contributed by atoms with E-state index in [-0.39, 0.29) is 18.3 Å². The lowest BCUT2D eigenvalue weighted by Crippen LogP contribution is -2.13. The van der Waals surface area contributed by atoms with Crippen molar-refractivity contribution in [2.75, 3.05) is 5.32 Å². The molecule has 0 saturated heterocycles. The Morgan fingerprint density at radius 1 is 1.04 bits per heavy atom. The van der Waals surface area contributed by atoms with Gasteiger partial charge in [0.15, 0.2) is 5.76 Å². The lowest BCUT2D eigenvalue weighted by Gasteiger charge is -2.09. The number of nitrogens with one attached hydrogen (secondary N) is 1. The van der Waals surface area contributed by atoms with Gasteiger partial charge in [-0.1, -0.05) is 44.2 Å². The SMILES string of the molecule is CC(C)c1ccc(NC(=O)c2occc2COc2ccccc2)cc1. The third kappa shape index (κ3) is 4.29. The van der Waals surface area contributed by atoms with Gasteiger partial charge >= 0.3 is 0 Å². The second-order valence-electron chi connectivity index (χ2n) is 6.11. The fourth-order valence-corrected chi connectivity index (χ4v) is 2.47. The van der Waals surface area contributed by atoms with Crippen LogP contribution < -0.4 is 10.1 Å². The number of amides is 1. The van der Waals surface area contributed by atoms with Gasteiger partial charge in [-0.3, -0.25) is 4.79 Å². The minimum absolute atomic E-state index is 0.267. The minimum atomic E-state index is -0.283. The Labute approximate surface area is 147 Å². The molecule has 4 nitrogen and oxygen atoms in total. The first-order valence-corrected chi connectivity index (χ1v) is 8.29. The number of anilines is 1. The molecule has 0 bridgehead atoms. The molecule has 0 aliphatic rings. The van der Waals surface area contributed by atoms with Crippen LogP contribution in [0.5, 0.6) is 5.75 Å². The molecule has 3 aromatic rings. The molecule has 0 unspecified atom stereocenters. The fraction of sp³-hybridized carbons (Fsp3) is 0.190. The van der Waals surface area contributed by atoms with E-state index in [1.54, 1.807) is 6.07 Å². The van der Waals surface area contributed by atoms with Gasteiger partial charge in [-0.05, 0) is 41.8 Å². The van der Waals surface area contributed by atoms with E-state index in [9.17, 15) is 4.79 Å². The number of rotatable bonds is 6. The average Bonchev–Trinajstić information content (AvgIpc) is 3.10. The summed E-state index contributed by atoms with van der Waals surface area (Å²) in [7, 11) is 0. The van der Waals surface area contributed by atoms with Crippen molar-refractivity contribution >= 4 is 11.6 Å². The van der Waals surface area contributed by atoms with Crippen LogP contribution in [0.2, 0.25) is 0 Å². The highest BCUT2D eigenvalue weighted by Crippen LogP contribution is 2.20. The first kappa shape index (κ1) is 16.8. The second-order valence-corrected chi connectivity index (χ2v) is 6.11. The number of furan rings is 1. The summed E-state index contributed by atoms with van der Waals surface area (Å²) < 4.78 is 11.1. The number of hydrogen-bond acceptors (Lipinski definition) is 3. The summed E-state index contributed by atoms with van der Waals surface area (Å²) in [6.45, 7) is 4.54. The summed E-state index contributed by atoms with van der Waals surface area (Å²) in [6.07, 6.45) is 1.50. The maximum Gasteiger partial charge on any atom is 0.291 e. The largest absolute Gasteiger partial charge is 0.489 e. The molecule has 3 rings (SSSR count). The highest BCUT2D eigenvalue weighted by atomic mass is 16.5. The maximum absolute atomic E-state index is 12.5. The summed E-state index contributed by atoms with van der Waals surface area (Å²) in [6, 6.07) is 19.1. The Morgan fingerprint density at radius 2 is 1.76 bits per heavy atom. The highest BCUT2D eigenvalue weighted by Gasteiger charge is 2.16. The van der Waals surface area contributed by atoms with Gasteiger partial charge in [0, 0.05) is 11.3 Å². The van der Waals surface area contributed by atoms with Gasteiger partial charge in [0.25, 0.3) is 5.91 Å². The Bertz CT molecular complexity index is 820. The minimum Gasteiger partial charge on any atom is -0.489 e. The molecule has 0 radical (unpaired) electrons. The smallest absolute Gasteiger partial charge is 0.291 e. The highest BCUT2D eigenvalue weighted by molar-refractivity contribution is 6.03. The van der Waals surface area contributed by atoms with Gasteiger partial charge in [-0.15, -0.1) is 0 Å². The molecule has 1 aromatic heterocycles. The zero-order chi connectivity index (χ0) is 17.6. The van der Waals surface area contributed by atoms with Crippen LogP contribution in [0.3, 0.4) is 0 Å². The molecule has 0 atom stereocenters. The molecule has 0 saturated carbocycles. The van der Waals surface area contributed by atoms with Gasteiger partial charge in [0.1, 0.15) is 12.4 Å². The quantitative estimate of drug-likeness (QED) is 0.670. The van der Waals surface area contributed by atoms with Crippen molar-refractivity contribution in [1.82, 2.24) is 0 Å². The number of hydrogen-bond donors (Lipinski definition) is 1. The number of ether oxygens (including phenoxy) is 1. The summed E-state index contributed by atoms with van der Waals surface area (Å²) in [4.78, 5) is 12.5. The molecule has 0 spiro atoms. The van der Waals surface area contributed by atoms with Gasteiger partial charge in [0.2, 0.25) is 0 Å². The van der Waals surface area contributed by atoms with Crippen molar-refractivity contribution in [2.45, 2.75) is 26.4 Å². The van der Waals surface area contributed by atoms with Gasteiger partial charge in [0.05, 0.1) is 6.26 Å². The zero-order valence-electron chi connectivity index (χ0n) is 14.4. The van der Waals surface area contributed by atoms with Crippen LogP contribution in [0.4, 0.5) is 5.69 Å². The van der Waals surface area contributed by atoms with E-state index in [1.165, 1.54) is 11.8 Å². The zero-order valence-corrected chi connectivity index (χ0v) is 14.4. The number of para-hydroxylation sites is 1. The Kier molecular flexibility index (Phi) is 5.19. The number of carbonyl (C=O) groups is 1. The van der Waals surface area contributed by atoms with Crippen molar-refractivity contribution in [3.63, 3.8) is 0 Å². The molecular weight excluding hydrogens is 314 g/mol. The third-order valence-electron chi connectivity index (χ3n) is 3.93. The van der Waals surface area contributed by atoms with E-state index in [4.69, 9.17) is 9.15 Å². The molecule has 1 heterocycles. The van der Waals surface area contributed by atoms with E-state index in [1.807, 2.05) is 54.6 Å². The summed E-state index contributed by atoms with van der Waals surface area (Å²) in [5.74, 6) is 1.19. The second kappa shape index (κ2) is 7.71. The topological polar surface area (TPSA) is 51.5 Å².